The van der Waals surface area contributed by atoms with Gasteiger partial charge in [0.2, 0.25) is 5.91 Å². The second-order valence-corrected chi connectivity index (χ2v) is 14.8. The summed E-state index contributed by atoms with van der Waals surface area (Å²) in [5.41, 5.74) is 2.58. The van der Waals surface area contributed by atoms with E-state index in [9.17, 15) is 19.6 Å². The summed E-state index contributed by atoms with van der Waals surface area (Å²) in [6.45, 7) is 5.07. The predicted molar refractivity (Wildman–Crippen MR) is 186 cm³/mol. The Morgan fingerprint density at radius 2 is 1.88 bits per heavy atom. The fraction of sp³-hybridized carbons (Fsp3) is 0.605. The van der Waals surface area contributed by atoms with Crippen LogP contribution in [0, 0.1) is 35.0 Å². The zero-order valence-electron chi connectivity index (χ0n) is 29.2. The van der Waals surface area contributed by atoms with Gasteiger partial charge in [-0.1, -0.05) is 48.8 Å². The molecule has 2 aromatic rings. The lowest BCUT2D eigenvalue weighted by atomic mass is 9.59. The molecule has 4 N–H and O–H groups in total. The third-order valence-corrected chi connectivity index (χ3v) is 12.0. The highest BCUT2D eigenvalue weighted by molar-refractivity contribution is 5.96. The van der Waals surface area contributed by atoms with E-state index in [0.717, 1.165) is 56.1 Å². The van der Waals surface area contributed by atoms with Crippen molar-refractivity contribution in [2.75, 3.05) is 19.6 Å². The van der Waals surface area contributed by atoms with Gasteiger partial charge >= 0.3 is 0 Å². The summed E-state index contributed by atoms with van der Waals surface area (Å²) in [5.74, 6) is 1.00. The number of hydrogen-bond donors (Lipinski definition) is 4. The molecule has 50 heavy (non-hydrogen) atoms. The van der Waals surface area contributed by atoms with E-state index >= 15 is 0 Å². The molecule has 2 saturated carbocycles. The number of tetrazole rings is 1. The number of carbonyl (C=O) groups is 3. The Kier molecular flexibility index (Phi) is 9.87. The summed E-state index contributed by atoms with van der Waals surface area (Å²) in [5, 5.41) is 35.7. The smallest absolute Gasteiger partial charge is 0.251 e. The van der Waals surface area contributed by atoms with Crippen molar-refractivity contribution in [2.45, 2.75) is 102 Å². The summed E-state index contributed by atoms with van der Waals surface area (Å²) >= 11 is 0. The van der Waals surface area contributed by atoms with Gasteiger partial charge in [-0.2, -0.15) is 10.5 Å². The SMILES string of the molecule is CCNC(=O)C1=CC2CCc3cc(C(=O)NCC)ccc3C(C[C@H](NCC(=O)N3C(C#N)C[C@@H]4C[C@@H]43)C3CCCCC3)(c3nn[nH]n3)C2C=C1. The van der Waals surface area contributed by atoms with Crippen LogP contribution in [0.25, 0.3) is 0 Å². The number of likely N-dealkylation sites (N-methyl/N-ethyl adjacent to an activating group) is 1. The first kappa shape index (κ1) is 34.1. The van der Waals surface area contributed by atoms with Crippen LogP contribution in [0.1, 0.15) is 98.9 Å². The number of allylic oxidation sites excluding steroid dienone is 2. The average molecular weight is 680 g/mol. The Bertz CT molecular complexity index is 1690. The largest absolute Gasteiger partial charge is 0.352 e. The Hall–Kier alpha value is -4.37. The van der Waals surface area contributed by atoms with Crippen molar-refractivity contribution in [3.63, 3.8) is 0 Å². The lowest BCUT2D eigenvalue weighted by Gasteiger charge is -2.45. The van der Waals surface area contributed by atoms with E-state index in [-0.39, 0.29) is 54.2 Å². The molecule has 0 radical (unpaired) electrons. The Balaban J connectivity index is 1.31. The molecule has 4 aliphatic carbocycles. The molecule has 264 valence electrons. The predicted octanol–water partition coefficient (Wildman–Crippen LogP) is 3.49. The van der Waals surface area contributed by atoms with Crippen molar-refractivity contribution in [1.29, 1.82) is 5.26 Å². The number of hydrogen-bond acceptors (Lipinski definition) is 8. The molecule has 4 unspecified atom stereocenters. The van der Waals surface area contributed by atoms with E-state index in [1.807, 2.05) is 37.0 Å². The van der Waals surface area contributed by atoms with E-state index in [0.29, 0.717) is 54.7 Å². The maximum atomic E-state index is 13.8. The molecule has 5 aliphatic rings. The molecule has 0 spiro atoms. The molecule has 0 bridgehead atoms. The zero-order chi connectivity index (χ0) is 34.8. The monoisotopic (exact) mass is 679 g/mol. The van der Waals surface area contributed by atoms with Crippen molar-refractivity contribution >= 4 is 17.7 Å². The van der Waals surface area contributed by atoms with Gasteiger partial charge in [0.15, 0.2) is 5.82 Å². The molecule has 7 atom stereocenters. The number of likely N-dealkylation sites (tertiary alicyclic amines) is 1. The topological polar surface area (TPSA) is 169 Å². The molecule has 1 saturated heterocycles. The number of aromatic amines is 1. The van der Waals surface area contributed by atoms with Crippen LogP contribution in [0.15, 0.2) is 42.0 Å². The van der Waals surface area contributed by atoms with Gasteiger partial charge in [-0.15, -0.1) is 10.2 Å². The van der Waals surface area contributed by atoms with Crippen LogP contribution in [-0.2, 0) is 21.4 Å². The quantitative estimate of drug-likeness (QED) is 0.280. The molecule has 1 aromatic heterocycles. The minimum atomic E-state index is -0.786. The van der Waals surface area contributed by atoms with Gasteiger partial charge < -0.3 is 20.9 Å². The van der Waals surface area contributed by atoms with Gasteiger partial charge in [0.05, 0.1) is 18.0 Å². The number of aromatic nitrogens is 4. The summed E-state index contributed by atoms with van der Waals surface area (Å²) in [6, 6.07) is 8.14. The van der Waals surface area contributed by atoms with Gasteiger partial charge in [0.1, 0.15) is 6.04 Å². The van der Waals surface area contributed by atoms with E-state index in [2.05, 4.69) is 55.8 Å². The van der Waals surface area contributed by atoms with Crippen molar-refractivity contribution < 1.29 is 14.4 Å². The number of nitriles is 1. The highest BCUT2D eigenvalue weighted by Crippen LogP contribution is 2.53. The maximum absolute atomic E-state index is 13.8. The van der Waals surface area contributed by atoms with Crippen LogP contribution < -0.4 is 16.0 Å². The summed E-state index contributed by atoms with van der Waals surface area (Å²) in [7, 11) is 0. The molecule has 2 heterocycles. The Morgan fingerprint density at radius 3 is 2.62 bits per heavy atom. The third-order valence-electron chi connectivity index (χ3n) is 12.0. The van der Waals surface area contributed by atoms with Crippen LogP contribution in [0.4, 0.5) is 0 Å². The molecule has 1 aliphatic heterocycles. The first-order valence-electron chi connectivity index (χ1n) is 18.7. The highest BCUT2D eigenvalue weighted by Gasteiger charge is 2.55. The number of amides is 3. The molecule has 7 rings (SSSR count). The number of benzene rings is 1. The van der Waals surface area contributed by atoms with Crippen LogP contribution in [0.2, 0.25) is 0 Å². The van der Waals surface area contributed by atoms with E-state index < -0.39 is 5.41 Å². The number of H-pyrrole nitrogens is 1. The molecule has 3 amide bonds. The van der Waals surface area contributed by atoms with Crippen LogP contribution in [0.5, 0.6) is 0 Å². The van der Waals surface area contributed by atoms with Gasteiger partial charge in [0.25, 0.3) is 11.8 Å². The van der Waals surface area contributed by atoms with Crippen molar-refractivity contribution in [1.82, 2.24) is 41.5 Å². The summed E-state index contributed by atoms with van der Waals surface area (Å²) < 4.78 is 0. The van der Waals surface area contributed by atoms with Crippen molar-refractivity contribution in [2.24, 2.45) is 23.7 Å². The van der Waals surface area contributed by atoms with Crippen LogP contribution >= 0.6 is 0 Å². The second kappa shape index (κ2) is 14.5. The minimum absolute atomic E-state index is 0.00577. The van der Waals surface area contributed by atoms with Crippen molar-refractivity contribution in [3.05, 3.63) is 64.5 Å². The number of nitrogens with zero attached hydrogens (tertiary/aromatic N) is 5. The summed E-state index contributed by atoms with van der Waals surface area (Å²) in [6.07, 6.45) is 15.6. The first-order valence-corrected chi connectivity index (χ1v) is 18.7. The lowest BCUT2D eigenvalue weighted by Crippen LogP contribution is -2.51. The third kappa shape index (κ3) is 6.36. The van der Waals surface area contributed by atoms with E-state index in [1.165, 1.54) is 6.42 Å². The minimum Gasteiger partial charge on any atom is -0.352 e. The van der Waals surface area contributed by atoms with Gasteiger partial charge in [-0.05, 0) is 99.8 Å². The number of rotatable bonds is 11. The van der Waals surface area contributed by atoms with Gasteiger partial charge in [-0.3, -0.25) is 14.4 Å². The van der Waals surface area contributed by atoms with Crippen LogP contribution in [0.3, 0.4) is 0 Å². The fourth-order valence-electron chi connectivity index (χ4n) is 9.57. The first-order chi connectivity index (χ1) is 24.4. The van der Waals surface area contributed by atoms with Crippen LogP contribution in [-0.4, -0.2) is 81.0 Å². The molecule has 12 heteroatoms. The Morgan fingerprint density at radius 1 is 1.08 bits per heavy atom. The zero-order valence-corrected chi connectivity index (χ0v) is 29.2. The maximum Gasteiger partial charge on any atom is 0.251 e. The highest BCUT2D eigenvalue weighted by atomic mass is 16.2. The molecule has 1 aromatic carbocycles. The molecular formula is C38H49N9O3. The number of fused-ring (bicyclic) bond motifs is 3. The van der Waals surface area contributed by atoms with E-state index in [1.54, 1.807) is 0 Å². The molecular weight excluding hydrogens is 630 g/mol. The summed E-state index contributed by atoms with van der Waals surface area (Å²) in [4.78, 5) is 41.8. The van der Waals surface area contributed by atoms with Crippen molar-refractivity contribution in [3.8, 4) is 6.07 Å². The second-order valence-electron chi connectivity index (χ2n) is 14.8. The lowest BCUT2D eigenvalue weighted by molar-refractivity contribution is -0.131. The molecule has 12 nitrogen and oxygen atoms in total. The number of aryl methyl sites for hydroxylation is 1. The number of carbonyl (C=O) groups excluding carboxylic acids is 3. The van der Waals surface area contributed by atoms with Gasteiger partial charge in [-0.25, -0.2) is 0 Å². The number of piperidine rings is 1. The Labute approximate surface area is 293 Å². The van der Waals surface area contributed by atoms with E-state index in [4.69, 9.17) is 5.10 Å². The fourth-order valence-corrected chi connectivity index (χ4v) is 9.57. The molecule has 3 fully saturated rings. The number of nitrogens with one attached hydrogen (secondary N) is 4. The average Bonchev–Trinajstić information content (AvgIpc) is 3.51. The standard InChI is InChI=1S/C38H49N9O3/c1-3-40-35(49)26-12-14-30-24(16-26)10-11-25-17-27(36(50)41-4-2)13-15-31(25)38(30,37-43-45-46-44-37)20-32(23-8-6-5-7-9-23)42-22-34(48)47-29(21-39)18-28-19-33(28)47/h12-17,23-24,28-30,32-33,42H,3-11,18-20,22H2,1-2H3,(H,40,49)(H,41,50)(H,43,44,45,46)/t24?,28-,29?,30?,32+,33+,38?/m1/s1. The normalized spacial score (nSPS) is 29.0. The van der Waals surface area contributed by atoms with Gasteiger partial charge in [0, 0.05) is 42.2 Å².